The molecule has 4 heteroatoms. The van der Waals surface area contributed by atoms with Crippen LogP contribution in [-0.2, 0) is 0 Å². The maximum atomic E-state index is 14.4. The van der Waals surface area contributed by atoms with Gasteiger partial charge in [-0.25, -0.2) is 4.39 Å². The fourth-order valence-corrected chi connectivity index (χ4v) is 3.83. The number of piperidine rings is 1. The first-order valence-electron chi connectivity index (χ1n) is 7.57. The number of benzene rings is 1. The van der Waals surface area contributed by atoms with E-state index in [9.17, 15) is 4.39 Å². The summed E-state index contributed by atoms with van der Waals surface area (Å²) >= 11 is 0. The third-order valence-electron chi connectivity index (χ3n) is 4.81. The number of nitrogen functional groups attached to an aromatic ring is 1. The molecule has 0 spiro atoms. The van der Waals surface area contributed by atoms with Gasteiger partial charge in [-0.2, -0.15) is 0 Å². The molecular weight excluding hydrogens is 253 g/mol. The minimum absolute atomic E-state index is 0.0790. The Labute approximate surface area is 119 Å². The SMILES string of the molecule is N=C(N)c1ccc(N2CCC[C@H]3CCCC[C@H]32)c(F)c1. The van der Waals surface area contributed by atoms with Crippen LogP contribution in [0.5, 0.6) is 0 Å². The Hall–Kier alpha value is -1.58. The highest BCUT2D eigenvalue weighted by Gasteiger charge is 2.34. The highest BCUT2D eigenvalue weighted by molar-refractivity contribution is 5.95. The fourth-order valence-electron chi connectivity index (χ4n) is 3.83. The molecule has 1 aliphatic heterocycles. The van der Waals surface area contributed by atoms with E-state index in [1.807, 2.05) is 0 Å². The molecule has 2 aliphatic rings. The van der Waals surface area contributed by atoms with E-state index in [1.54, 1.807) is 12.1 Å². The monoisotopic (exact) mass is 275 g/mol. The van der Waals surface area contributed by atoms with Gasteiger partial charge in [0, 0.05) is 18.2 Å². The molecule has 108 valence electrons. The van der Waals surface area contributed by atoms with Crippen molar-refractivity contribution in [2.24, 2.45) is 11.7 Å². The fraction of sp³-hybridized carbons (Fsp3) is 0.562. The summed E-state index contributed by atoms with van der Waals surface area (Å²) in [6.45, 7) is 0.942. The first-order valence-corrected chi connectivity index (χ1v) is 7.57. The average molecular weight is 275 g/mol. The van der Waals surface area contributed by atoms with Crippen molar-refractivity contribution in [2.75, 3.05) is 11.4 Å². The van der Waals surface area contributed by atoms with Gasteiger partial charge in [0.05, 0.1) is 5.69 Å². The molecule has 3 rings (SSSR count). The number of rotatable bonds is 2. The van der Waals surface area contributed by atoms with E-state index in [0.29, 0.717) is 17.3 Å². The van der Waals surface area contributed by atoms with E-state index in [2.05, 4.69) is 4.90 Å². The van der Waals surface area contributed by atoms with Crippen molar-refractivity contribution in [3.05, 3.63) is 29.6 Å². The predicted molar refractivity (Wildman–Crippen MR) is 79.7 cm³/mol. The molecule has 1 aromatic rings. The molecular formula is C16H22FN3. The lowest BCUT2D eigenvalue weighted by Gasteiger charge is -2.45. The third kappa shape index (κ3) is 2.39. The maximum absolute atomic E-state index is 14.4. The molecule has 1 saturated carbocycles. The minimum Gasteiger partial charge on any atom is -0.384 e. The lowest BCUT2D eigenvalue weighted by molar-refractivity contribution is 0.242. The van der Waals surface area contributed by atoms with Gasteiger partial charge in [-0.1, -0.05) is 12.8 Å². The zero-order valence-electron chi connectivity index (χ0n) is 11.7. The average Bonchev–Trinajstić information content (AvgIpc) is 2.46. The number of halogens is 1. The molecule has 20 heavy (non-hydrogen) atoms. The van der Waals surface area contributed by atoms with E-state index < -0.39 is 0 Å². The third-order valence-corrected chi connectivity index (χ3v) is 4.81. The molecule has 0 bridgehead atoms. The number of nitrogens with one attached hydrogen (secondary N) is 1. The highest BCUT2D eigenvalue weighted by Crippen LogP contribution is 2.38. The van der Waals surface area contributed by atoms with E-state index in [4.69, 9.17) is 11.1 Å². The van der Waals surface area contributed by atoms with Crippen molar-refractivity contribution in [1.29, 1.82) is 5.41 Å². The van der Waals surface area contributed by atoms with Crippen LogP contribution in [0.15, 0.2) is 18.2 Å². The molecule has 1 heterocycles. The van der Waals surface area contributed by atoms with Gasteiger partial charge in [-0.15, -0.1) is 0 Å². The van der Waals surface area contributed by atoms with Gasteiger partial charge >= 0.3 is 0 Å². The number of amidine groups is 1. The number of nitrogens with two attached hydrogens (primary N) is 1. The van der Waals surface area contributed by atoms with E-state index >= 15 is 0 Å². The maximum Gasteiger partial charge on any atom is 0.147 e. The molecule has 3 nitrogen and oxygen atoms in total. The Morgan fingerprint density at radius 1 is 1.20 bits per heavy atom. The lowest BCUT2D eigenvalue weighted by Crippen LogP contribution is -2.47. The van der Waals surface area contributed by atoms with Gasteiger partial charge in [0.15, 0.2) is 0 Å². The molecule has 1 aromatic carbocycles. The molecule has 2 fully saturated rings. The second kappa shape index (κ2) is 5.43. The Balaban J connectivity index is 1.89. The molecule has 2 atom stereocenters. The summed E-state index contributed by atoms with van der Waals surface area (Å²) < 4.78 is 14.4. The summed E-state index contributed by atoms with van der Waals surface area (Å²) in [7, 11) is 0. The molecule has 0 amide bonds. The second-order valence-corrected chi connectivity index (χ2v) is 6.03. The largest absolute Gasteiger partial charge is 0.384 e. The van der Waals surface area contributed by atoms with Crippen molar-refractivity contribution in [2.45, 2.75) is 44.6 Å². The Morgan fingerprint density at radius 3 is 2.70 bits per heavy atom. The minimum atomic E-state index is -0.246. The normalized spacial score (nSPS) is 26.1. The number of hydrogen-bond acceptors (Lipinski definition) is 2. The summed E-state index contributed by atoms with van der Waals surface area (Å²) in [5, 5.41) is 7.39. The zero-order valence-corrected chi connectivity index (χ0v) is 11.7. The summed E-state index contributed by atoms with van der Waals surface area (Å²) in [6, 6.07) is 5.44. The Bertz CT molecular complexity index is 512. The van der Waals surface area contributed by atoms with Crippen LogP contribution < -0.4 is 10.6 Å². The van der Waals surface area contributed by atoms with Gasteiger partial charge in [-0.3, -0.25) is 5.41 Å². The van der Waals surface area contributed by atoms with Crippen LogP contribution in [0.25, 0.3) is 0 Å². The number of fused-ring (bicyclic) bond motifs is 1. The van der Waals surface area contributed by atoms with Crippen molar-refractivity contribution in [3.63, 3.8) is 0 Å². The van der Waals surface area contributed by atoms with Gasteiger partial charge in [0.1, 0.15) is 11.7 Å². The zero-order chi connectivity index (χ0) is 14.1. The number of nitrogens with zero attached hydrogens (tertiary/aromatic N) is 1. The first-order chi connectivity index (χ1) is 9.66. The molecule has 3 N–H and O–H groups in total. The van der Waals surface area contributed by atoms with E-state index in [1.165, 1.54) is 38.2 Å². The lowest BCUT2D eigenvalue weighted by atomic mass is 9.78. The van der Waals surface area contributed by atoms with Gasteiger partial charge in [0.2, 0.25) is 0 Å². The Kier molecular flexibility index (Phi) is 3.64. The van der Waals surface area contributed by atoms with E-state index in [0.717, 1.165) is 18.9 Å². The predicted octanol–water partition coefficient (Wildman–Crippen LogP) is 3.27. The molecule has 0 aromatic heterocycles. The van der Waals surface area contributed by atoms with Crippen LogP contribution in [0.4, 0.5) is 10.1 Å². The standard InChI is InChI=1S/C16H22FN3/c17-13-10-12(16(18)19)7-8-15(13)20-9-3-5-11-4-1-2-6-14(11)20/h7-8,10-11,14H,1-6,9H2,(H3,18,19)/t11-,14-/m1/s1. The van der Waals surface area contributed by atoms with Gasteiger partial charge in [-0.05, 0) is 49.8 Å². The molecule has 0 radical (unpaired) electrons. The van der Waals surface area contributed by atoms with Crippen molar-refractivity contribution in [1.82, 2.24) is 0 Å². The van der Waals surface area contributed by atoms with Crippen LogP contribution >= 0.6 is 0 Å². The van der Waals surface area contributed by atoms with Crippen LogP contribution in [0.1, 0.15) is 44.1 Å². The Morgan fingerprint density at radius 2 is 1.95 bits per heavy atom. The number of anilines is 1. The van der Waals surface area contributed by atoms with E-state index in [-0.39, 0.29) is 11.7 Å². The van der Waals surface area contributed by atoms with Crippen molar-refractivity contribution < 1.29 is 4.39 Å². The highest BCUT2D eigenvalue weighted by atomic mass is 19.1. The van der Waals surface area contributed by atoms with Crippen LogP contribution in [-0.4, -0.2) is 18.4 Å². The summed E-state index contributed by atoms with van der Waals surface area (Å²) in [6.07, 6.45) is 7.47. The summed E-state index contributed by atoms with van der Waals surface area (Å²) in [5.74, 6) is 0.401. The van der Waals surface area contributed by atoms with Gasteiger partial charge in [0.25, 0.3) is 0 Å². The molecule has 1 aliphatic carbocycles. The van der Waals surface area contributed by atoms with Crippen molar-refractivity contribution >= 4 is 11.5 Å². The van der Waals surface area contributed by atoms with Crippen LogP contribution in [0, 0.1) is 17.1 Å². The van der Waals surface area contributed by atoms with Gasteiger partial charge < -0.3 is 10.6 Å². The topological polar surface area (TPSA) is 53.1 Å². The van der Waals surface area contributed by atoms with Crippen LogP contribution in [0.3, 0.4) is 0 Å². The second-order valence-electron chi connectivity index (χ2n) is 6.03. The smallest absolute Gasteiger partial charge is 0.147 e. The quantitative estimate of drug-likeness (QED) is 0.643. The summed E-state index contributed by atoms with van der Waals surface area (Å²) in [5.41, 5.74) is 6.57. The number of hydrogen-bond donors (Lipinski definition) is 2. The van der Waals surface area contributed by atoms with Crippen LogP contribution in [0.2, 0.25) is 0 Å². The molecule has 0 unspecified atom stereocenters. The summed E-state index contributed by atoms with van der Waals surface area (Å²) in [4.78, 5) is 2.26. The van der Waals surface area contributed by atoms with Crippen molar-refractivity contribution in [3.8, 4) is 0 Å². The first kappa shape index (κ1) is 13.4. The molecule has 1 saturated heterocycles.